The van der Waals surface area contributed by atoms with Crippen LogP contribution in [0.2, 0.25) is 0 Å². The molecule has 190 valence electrons. The van der Waals surface area contributed by atoms with Crippen molar-refractivity contribution in [2.24, 2.45) is 0 Å². The Morgan fingerprint density at radius 2 is 1.73 bits per heavy atom. The number of carbonyl (C=O) groups is 2. The Hall–Kier alpha value is -3.80. The van der Waals surface area contributed by atoms with Crippen LogP contribution in [-0.2, 0) is 23.0 Å². The van der Waals surface area contributed by atoms with Crippen LogP contribution in [0, 0.1) is 0 Å². The van der Waals surface area contributed by atoms with E-state index < -0.39 is 15.9 Å². The summed E-state index contributed by atoms with van der Waals surface area (Å²) in [5, 5.41) is 9.33. The first-order valence-corrected chi connectivity index (χ1v) is 13.9. The Balaban J connectivity index is 1.50. The van der Waals surface area contributed by atoms with E-state index in [1.165, 1.54) is 20.5 Å². The third-order valence-electron chi connectivity index (χ3n) is 6.10. The van der Waals surface area contributed by atoms with Gasteiger partial charge in [0.15, 0.2) is 0 Å². The van der Waals surface area contributed by atoms with Gasteiger partial charge < -0.3 is 10.2 Å². The molecule has 2 aromatic carbocycles. The van der Waals surface area contributed by atoms with E-state index in [1.54, 1.807) is 60.6 Å². The number of carbonyl (C=O) groups excluding carboxylic acids is 2. The molecule has 1 aliphatic rings. The first-order valence-electron chi connectivity index (χ1n) is 11.6. The number of benzene rings is 2. The van der Waals surface area contributed by atoms with Gasteiger partial charge in [-0.15, -0.1) is 11.3 Å². The summed E-state index contributed by atoms with van der Waals surface area (Å²) in [5.74, 6) is -0.555. The minimum Gasteiger partial charge on any atom is -0.345 e. The number of thiophene rings is 1. The number of para-hydroxylation sites is 1. The zero-order chi connectivity index (χ0) is 26.2. The van der Waals surface area contributed by atoms with E-state index in [4.69, 9.17) is 5.10 Å². The molecule has 0 atom stereocenters. The molecule has 37 heavy (non-hydrogen) atoms. The number of fused-ring (bicyclic) bond motifs is 1. The molecule has 1 N–H and O–H groups in total. The second kappa shape index (κ2) is 9.92. The van der Waals surface area contributed by atoms with E-state index in [-0.39, 0.29) is 28.9 Å². The number of rotatable bonds is 6. The van der Waals surface area contributed by atoms with Crippen molar-refractivity contribution in [2.75, 3.05) is 26.0 Å². The lowest BCUT2D eigenvalue weighted by atomic mass is 10.1. The van der Waals surface area contributed by atoms with Crippen molar-refractivity contribution in [3.05, 3.63) is 94.6 Å². The lowest BCUT2D eigenvalue weighted by Crippen LogP contribution is -2.36. The highest BCUT2D eigenvalue weighted by Gasteiger charge is 2.35. The highest BCUT2D eigenvalue weighted by Crippen LogP contribution is 2.30. The Morgan fingerprint density at radius 1 is 1.00 bits per heavy atom. The maximum absolute atomic E-state index is 13.6. The topological polar surface area (TPSA) is 105 Å². The van der Waals surface area contributed by atoms with Gasteiger partial charge in [-0.05, 0) is 47.8 Å². The smallest absolute Gasteiger partial charge is 0.274 e. The van der Waals surface area contributed by atoms with Crippen molar-refractivity contribution < 1.29 is 18.0 Å². The molecule has 11 heteroatoms. The molecule has 0 spiro atoms. The largest absolute Gasteiger partial charge is 0.345 e. The molecule has 1 aliphatic heterocycles. The van der Waals surface area contributed by atoms with Gasteiger partial charge >= 0.3 is 0 Å². The van der Waals surface area contributed by atoms with Crippen LogP contribution in [0.25, 0.3) is 5.69 Å². The van der Waals surface area contributed by atoms with Gasteiger partial charge in [0.1, 0.15) is 9.90 Å². The summed E-state index contributed by atoms with van der Waals surface area (Å²) in [6, 6.07) is 19.2. The second-order valence-corrected chi connectivity index (χ2v) is 11.9. The van der Waals surface area contributed by atoms with Gasteiger partial charge in [0.2, 0.25) is 0 Å². The molecule has 2 amide bonds. The van der Waals surface area contributed by atoms with Gasteiger partial charge in [-0.3, -0.25) is 9.59 Å². The average Bonchev–Trinajstić information content (AvgIpc) is 3.58. The normalized spacial score (nSPS) is 13.7. The van der Waals surface area contributed by atoms with Crippen LogP contribution >= 0.6 is 11.3 Å². The minimum atomic E-state index is -3.69. The van der Waals surface area contributed by atoms with Gasteiger partial charge in [-0.2, -0.15) is 9.40 Å². The molecule has 3 heterocycles. The van der Waals surface area contributed by atoms with Crippen molar-refractivity contribution in [2.45, 2.75) is 17.2 Å². The second-order valence-electron chi connectivity index (χ2n) is 8.77. The molecular formula is C26H25N5O4S2. The molecule has 0 fully saturated rings. The molecule has 0 saturated carbocycles. The van der Waals surface area contributed by atoms with Gasteiger partial charge in [-0.25, -0.2) is 13.1 Å². The van der Waals surface area contributed by atoms with Crippen molar-refractivity contribution in [3.8, 4) is 5.69 Å². The fraction of sp³-hybridized carbons (Fsp3) is 0.192. The van der Waals surface area contributed by atoms with E-state index in [1.807, 2.05) is 30.3 Å². The van der Waals surface area contributed by atoms with E-state index in [0.29, 0.717) is 34.6 Å². The Morgan fingerprint density at radius 3 is 2.38 bits per heavy atom. The quantitative estimate of drug-likeness (QED) is 0.406. The molecular weight excluding hydrogens is 510 g/mol. The molecule has 0 bridgehead atoms. The standard InChI is InChI=1S/C26H25N5O4S2/c1-29(2)26(33)18-10-12-19(13-11-18)27-25(32)24-21-17-30(37(34,35)23-9-6-16-36-23)15-14-22(21)28-31(24)20-7-4-3-5-8-20/h3-13,16H,14-15,17H2,1-2H3,(H,27,32). The summed E-state index contributed by atoms with van der Waals surface area (Å²) in [4.78, 5) is 27.3. The first-order chi connectivity index (χ1) is 17.8. The summed E-state index contributed by atoms with van der Waals surface area (Å²) in [5.41, 5.74) is 3.26. The number of nitrogens with one attached hydrogen (secondary N) is 1. The van der Waals surface area contributed by atoms with Crippen LogP contribution in [0.1, 0.15) is 32.1 Å². The molecule has 0 radical (unpaired) electrons. The number of amides is 2. The zero-order valence-electron chi connectivity index (χ0n) is 20.3. The fourth-order valence-corrected chi connectivity index (χ4v) is 6.78. The number of hydrogen-bond donors (Lipinski definition) is 1. The number of aromatic nitrogens is 2. The Kier molecular flexibility index (Phi) is 6.67. The Labute approximate surface area is 219 Å². The van der Waals surface area contributed by atoms with Crippen LogP contribution in [0.5, 0.6) is 0 Å². The van der Waals surface area contributed by atoms with Gasteiger partial charge in [-0.1, -0.05) is 24.3 Å². The lowest BCUT2D eigenvalue weighted by Gasteiger charge is -2.25. The molecule has 0 unspecified atom stereocenters. The number of nitrogens with zero attached hydrogens (tertiary/aromatic N) is 4. The van der Waals surface area contributed by atoms with Crippen molar-refractivity contribution in [1.82, 2.24) is 19.0 Å². The van der Waals surface area contributed by atoms with Crippen LogP contribution in [0.15, 0.2) is 76.3 Å². The van der Waals surface area contributed by atoms with E-state index >= 15 is 0 Å². The SMILES string of the molecule is CN(C)C(=O)c1ccc(NC(=O)c2c3c(nn2-c2ccccc2)CCN(S(=O)(=O)c2cccs2)C3)cc1. The lowest BCUT2D eigenvalue weighted by molar-refractivity contribution is 0.0827. The predicted molar refractivity (Wildman–Crippen MR) is 142 cm³/mol. The van der Waals surface area contributed by atoms with E-state index in [0.717, 1.165) is 0 Å². The highest BCUT2D eigenvalue weighted by molar-refractivity contribution is 7.91. The van der Waals surface area contributed by atoms with Crippen molar-refractivity contribution in [1.29, 1.82) is 0 Å². The zero-order valence-corrected chi connectivity index (χ0v) is 21.9. The predicted octanol–water partition coefficient (Wildman–Crippen LogP) is 3.63. The maximum Gasteiger partial charge on any atom is 0.274 e. The van der Waals surface area contributed by atoms with Crippen molar-refractivity contribution >= 4 is 38.9 Å². The molecule has 0 aliphatic carbocycles. The third kappa shape index (κ3) is 4.80. The average molecular weight is 536 g/mol. The molecule has 9 nitrogen and oxygen atoms in total. The van der Waals surface area contributed by atoms with E-state index in [9.17, 15) is 18.0 Å². The van der Waals surface area contributed by atoms with Crippen LogP contribution in [-0.4, -0.2) is 59.9 Å². The molecule has 2 aromatic heterocycles. The first kappa shape index (κ1) is 24.9. The van der Waals surface area contributed by atoms with Gasteiger partial charge in [0.25, 0.3) is 21.8 Å². The summed E-state index contributed by atoms with van der Waals surface area (Å²) in [6.45, 7) is 0.322. The molecule has 0 saturated heterocycles. The summed E-state index contributed by atoms with van der Waals surface area (Å²) in [7, 11) is -0.342. The fourth-order valence-electron chi connectivity index (χ4n) is 4.23. The van der Waals surface area contributed by atoms with Crippen LogP contribution in [0.3, 0.4) is 0 Å². The monoisotopic (exact) mass is 535 g/mol. The maximum atomic E-state index is 13.6. The van der Waals surface area contributed by atoms with Crippen LogP contribution in [0.4, 0.5) is 5.69 Å². The van der Waals surface area contributed by atoms with Crippen molar-refractivity contribution in [3.63, 3.8) is 0 Å². The van der Waals surface area contributed by atoms with Gasteiger partial charge in [0.05, 0.1) is 11.4 Å². The summed E-state index contributed by atoms with van der Waals surface area (Å²) >= 11 is 1.17. The number of sulfonamides is 1. The molecule has 4 aromatic rings. The third-order valence-corrected chi connectivity index (χ3v) is 9.32. The Bertz CT molecular complexity index is 1540. The highest BCUT2D eigenvalue weighted by atomic mass is 32.2. The summed E-state index contributed by atoms with van der Waals surface area (Å²) < 4.78 is 29.7. The van der Waals surface area contributed by atoms with Gasteiger partial charge in [0, 0.05) is 50.4 Å². The number of hydrogen-bond acceptors (Lipinski definition) is 6. The van der Waals surface area contributed by atoms with Crippen LogP contribution < -0.4 is 5.32 Å². The summed E-state index contributed by atoms with van der Waals surface area (Å²) in [6.07, 6.45) is 0.390. The van der Waals surface area contributed by atoms with E-state index in [2.05, 4.69) is 5.32 Å². The minimum absolute atomic E-state index is 0.0431. The number of anilines is 1. The molecule has 5 rings (SSSR count).